The maximum Gasteiger partial charge on any atom is 0.0739 e. The zero-order chi connectivity index (χ0) is 23.7. The monoisotopic (exact) mass is 470 g/mol. The van der Waals surface area contributed by atoms with Crippen molar-refractivity contribution in [2.45, 2.75) is 58.3 Å². The Morgan fingerprint density at radius 3 is 2.35 bits per heavy atom. The number of benzene rings is 2. The number of piperidine rings is 1. The molecule has 3 aromatic rings. The van der Waals surface area contributed by atoms with E-state index in [0.29, 0.717) is 0 Å². The number of aromatic nitrogens is 1. The van der Waals surface area contributed by atoms with Gasteiger partial charge in [0.15, 0.2) is 0 Å². The number of halogens is 1. The van der Waals surface area contributed by atoms with Crippen LogP contribution in [0.15, 0.2) is 66.4 Å². The van der Waals surface area contributed by atoms with Crippen molar-refractivity contribution in [2.75, 3.05) is 19.6 Å². The molecule has 0 saturated carbocycles. The van der Waals surface area contributed by atoms with E-state index in [2.05, 4.69) is 74.2 Å². The fourth-order valence-electron chi connectivity index (χ4n) is 5.39. The molecule has 34 heavy (non-hydrogen) atoms. The summed E-state index contributed by atoms with van der Waals surface area (Å²) >= 11 is 6.37. The highest BCUT2D eigenvalue weighted by molar-refractivity contribution is 6.30. The SMILES string of the molecule is CC(C)(C)c1ccc(CCN2CCC(=C3c4ccc(Cl)cc4CCc4cccnc43)CC2)cc1. The number of pyridine rings is 1. The number of likely N-dealkylation sites (tertiary alicyclic amines) is 1. The number of rotatable bonds is 3. The Kier molecular flexibility index (Phi) is 6.64. The van der Waals surface area contributed by atoms with Crippen LogP contribution in [0.5, 0.6) is 0 Å². The number of fused-ring (bicyclic) bond motifs is 2. The van der Waals surface area contributed by atoms with Gasteiger partial charge in [0.05, 0.1) is 5.69 Å². The maximum absolute atomic E-state index is 6.37. The fourth-order valence-corrected chi connectivity index (χ4v) is 5.58. The number of hydrogen-bond donors (Lipinski definition) is 0. The Hall–Kier alpha value is -2.42. The first kappa shape index (κ1) is 23.3. The molecule has 0 amide bonds. The molecule has 5 rings (SSSR count). The van der Waals surface area contributed by atoms with Crippen LogP contribution in [0.4, 0.5) is 0 Å². The summed E-state index contributed by atoms with van der Waals surface area (Å²) in [4.78, 5) is 7.50. The highest BCUT2D eigenvalue weighted by atomic mass is 35.5. The second-order valence-electron chi connectivity index (χ2n) is 10.8. The van der Waals surface area contributed by atoms with E-state index >= 15 is 0 Å². The zero-order valence-electron chi connectivity index (χ0n) is 20.7. The molecule has 176 valence electrons. The van der Waals surface area contributed by atoms with Crippen LogP contribution >= 0.6 is 11.6 Å². The molecule has 0 bridgehead atoms. The Balaban J connectivity index is 1.33. The van der Waals surface area contributed by atoms with E-state index in [9.17, 15) is 0 Å². The third-order valence-corrected chi connectivity index (χ3v) is 7.71. The van der Waals surface area contributed by atoms with Crippen LogP contribution in [0.25, 0.3) is 5.57 Å². The molecular formula is C31H35ClN2. The zero-order valence-corrected chi connectivity index (χ0v) is 21.5. The van der Waals surface area contributed by atoms with Crippen LogP contribution in [0.1, 0.15) is 67.1 Å². The lowest BCUT2D eigenvalue weighted by Gasteiger charge is -2.30. The average molecular weight is 471 g/mol. The lowest BCUT2D eigenvalue weighted by atomic mass is 9.86. The Bertz CT molecular complexity index is 1190. The van der Waals surface area contributed by atoms with E-state index in [1.165, 1.54) is 39.1 Å². The van der Waals surface area contributed by atoms with Gasteiger partial charge in [-0.3, -0.25) is 4.98 Å². The van der Waals surface area contributed by atoms with Gasteiger partial charge in [-0.1, -0.05) is 74.3 Å². The Morgan fingerprint density at radius 2 is 1.62 bits per heavy atom. The van der Waals surface area contributed by atoms with Crippen LogP contribution in [-0.4, -0.2) is 29.5 Å². The van der Waals surface area contributed by atoms with E-state index in [1.54, 1.807) is 5.57 Å². The van der Waals surface area contributed by atoms with E-state index in [0.717, 1.165) is 56.8 Å². The first-order chi connectivity index (χ1) is 16.4. The summed E-state index contributed by atoms with van der Waals surface area (Å²) in [7, 11) is 0. The fraction of sp³-hybridized carbons (Fsp3) is 0.387. The summed E-state index contributed by atoms with van der Waals surface area (Å²) in [6.07, 6.45) is 7.31. The number of hydrogen-bond acceptors (Lipinski definition) is 2. The van der Waals surface area contributed by atoms with Gasteiger partial charge in [0.2, 0.25) is 0 Å². The molecule has 2 aliphatic rings. The van der Waals surface area contributed by atoms with Crippen molar-refractivity contribution in [3.05, 3.63) is 105 Å². The van der Waals surface area contributed by atoms with Gasteiger partial charge in [0.1, 0.15) is 0 Å². The first-order valence-electron chi connectivity index (χ1n) is 12.7. The minimum atomic E-state index is 0.213. The van der Waals surface area contributed by atoms with Gasteiger partial charge in [-0.25, -0.2) is 0 Å². The van der Waals surface area contributed by atoms with Crippen molar-refractivity contribution >= 4 is 17.2 Å². The van der Waals surface area contributed by atoms with E-state index in [4.69, 9.17) is 16.6 Å². The smallest absolute Gasteiger partial charge is 0.0739 e. The molecule has 1 aromatic heterocycles. The molecule has 2 heterocycles. The Labute approximate surface area is 209 Å². The third kappa shape index (κ3) is 4.99. The molecule has 0 unspecified atom stereocenters. The molecule has 3 heteroatoms. The van der Waals surface area contributed by atoms with Crippen LogP contribution in [0.3, 0.4) is 0 Å². The summed E-state index contributed by atoms with van der Waals surface area (Å²) in [6.45, 7) is 10.2. The van der Waals surface area contributed by atoms with Crippen molar-refractivity contribution in [2.24, 2.45) is 0 Å². The molecule has 1 saturated heterocycles. The van der Waals surface area contributed by atoms with Crippen LogP contribution in [0.2, 0.25) is 5.02 Å². The Morgan fingerprint density at radius 1 is 0.882 bits per heavy atom. The molecular weight excluding hydrogens is 436 g/mol. The summed E-state index contributed by atoms with van der Waals surface area (Å²) in [6, 6.07) is 20.0. The summed E-state index contributed by atoms with van der Waals surface area (Å²) < 4.78 is 0. The lowest BCUT2D eigenvalue weighted by Crippen LogP contribution is -2.33. The molecule has 2 nitrogen and oxygen atoms in total. The maximum atomic E-state index is 6.37. The quantitative estimate of drug-likeness (QED) is 0.400. The minimum Gasteiger partial charge on any atom is -0.302 e. The topological polar surface area (TPSA) is 16.1 Å². The van der Waals surface area contributed by atoms with Crippen molar-refractivity contribution in [1.29, 1.82) is 0 Å². The first-order valence-corrected chi connectivity index (χ1v) is 13.0. The summed E-state index contributed by atoms with van der Waals surface area (Å²) in [5.41, 5.74) is 11.2. The van der Waals surface area contributed by atoms with Crippen molar-refractivity contribution < 1.29 is 0 Å². The average Bonchev–Trinajstić information content (AvgIpc) is 2.99. The second-order valence-corrected chi connectivity index (χ2v) is 11.3. The van der Waals surface area contributed by atoms with E-state index in [-0.39, 0.29) is 5.41 Å². The number of aryl methyl sites for hydroxylation is 2. The minimum absolute atomic E-state index is 0.213. The van der Waals surface area contributed by atoms with Gasteiger partial charge in [-0.2, -0.15) is 0 Å². The van der Waals surface area contributed by atoms with Gasteiger partial charge >= 0.3 is 0 Å². The molecule has 0 radical (unpaired) electrons. The predicted octanol–water partition coefficient (Wildman–Crippen LogP) is 7.27. The molecule has 0 spiro atoms. The summed E-state index contributed by atoms with van der Waals surface area (Å²) in [5.74, 6) is 0. The molecule has 1 fully saturated rings. The molecule has 2 aromatic carbocycles. The largest absolute Gasteiger partial charge is 0.302 e. The van der Waals surface area contributed by atoms with Crippen molar-refractivity contribution in [1.82, 2.24) is 9.88 Å². The van der Waals surface area contributed by atoms with Gasteiger partial charge in [0, 0.05) is 36.4 Å². The van der Waals surface area contributed by atoms with E-state index < -0.39 is 0 Å². The normalized spacial score (nSPS) is 16.7. The van der Waals surface area contributed by atoms with Crippen molar-refractivity contribution in [3.8, 4) is 0 Å². The van der Waals surface area contributed by atoms with Crippen molar-refractivity contribution in [3.63, 3.8) is 0 Å². The molecule has 1 aliphatic carbocycles. The molecule has 0 N–H and O–H groups in total. The highest BCUT2D eigenvalue weighted by Crippen LogP contribution is 2.38. The highest BCUT2D eigenvalue weighted by Gasteiger charge is 2.25. The predicted molar refractivity (Wildman–Crippen MR) is 144 cm³/mol. The third-order valence-electron chi connectivity index (χ3n) is 7.48. The van der Waals surface area contributed by atoms with Gasteiger partial charge in [0.25, 0.3) is 0 Å². The molecule has 1 aliphatic heterocycles. The van der Waals surface area contributed by atoms with Gasteiger partial charge in [-0.15, -0.1) is 0 Å². The second kappa shape index (κ2) is 9.68. The van der Waals surface area contributed by atoms with Crippen LogP contribution in [-0.2, 0) is 24.7 Å². The van der Waals surface area contributed by atoms with Gasteiger partial charge < -0.3 is 4.90 Å². The van der Waals surface area contributed by atoms with Crippen LogP contribution < -0.4 is 0 Å². The number of nitrogens with zero attached hydrogens (tertiary/aromatic N) is 2. The lowest BCUT2D eigenvalue weighted by molar-refractivity contribution is 0.260. The van der Waals surface area contributed by atoms with Gasteiger partial charge in [-0.05, 0) is 83.5 Å². The summed E-state index contributed by atoms with van der Waals surface area (Å²) in [5, 5.41) is 0.826. The molecule has 0 atom stereocenters. The van der Waals surface area contributed by atoms with Crippen LogP contribution in [0, 0.1) is 0 Å². The standard InChI is InChI=1S/C31H35ClN2/c1-31(2,3)26-10-6-22(7-11-26)14-18-34-19-15-23(16-20-34)29-28-13-12-27(32)21-25(28)9-8-24-5-4-17-33-30(24)29/h4-7,10-13,17,21H,8-9,14-16,18-20H2,1-3H3. The van der Waals surface area contributed by atoms with E-state index in [1.807, 2.05) is 12.3 Å².